The fourth-order valence-corrected chi connectivity index (χ4v) is 2.90. The molecule has 2 heterocycles. The molecule has 6 heteroatoms. The van der Waals surface area contributed by atoms with Crippen molar-refractivity contribution in [1.29, 1.82) is 0 Å². The van der Waals surface area contributed by atoms with Gasteiger partial charge in [-0.2, -0.15) is 0 Å². The largest absolute Gasteiger partial charge is 0.483 e. The number of rotatable bonds is 6. The zero-order chi connectivity index (χ0) is 18.7. The van der Waals surface area contributed by atoms with E-state index in [0.717, 1.165) is 28.2 Å². The van der Waals surface area contributed by atoms with E-state index in [1.54, 1.807) is 12.3 Å². The van der Waals surface area contributed by atoms with E-state index in [4.69, 9.17) is 16.3 Å². The van der Waals surface area contributed by atoms with Crippen LogP contribution >= 0.6 is 11.6 Å². The van der Waals surface area contributed by atoms with Crippen LogP contribution in [0.15, 0.2) is 42.7 Å². The Kier molecular flexibility index (Phi) is 5.47. The van der Waals surface area contributed by atoms with Crippen molar-refractivity contribution in [2.45, 2.75) is 33.2 Å². The van der Waals surface area contributed by atoms with E-state index in [1.807, 2.05) is 29.7 Å². The quantitative estimate of drug-likeness (QED) is 0.709. The number of ether oxygens (including phenoxy) is 1. The smallest absolute Gasteiger partial charge is 0.258 e. The van der Waals surface area contributed by atoms with Crippen LogP contribution in [-0.4, -0.2) is 21.9 Å². The van der Waals surface area contributed by atoms with Gasteiger partial charge in [-0.15, -0.1) is 0 Å². The summed E-state index contributed by atoms with van der Waals surface area (Å²) in [4.78, 5) is 16.6. The van der Waals surface area contributed by atoms with Crippen LogP contribution in [0.5, 0.6) is 5.75 Å². The van der Waals surface area contributed by atoms with E-state index in [1.165, 1.54) is 0 Å². The van der Waals surface area contributed by atoms with Crippen LogP contribution < -0.4 is 10.1 Å². The summed E-state index contributed by atoms with van der Waals surface area (Å²) in [6.07, 6.45) is 3.63. The SMILES string of the molecule is Cc1ccc(C(C)C)c(OCC(=O)NCc2cn3cc(Cl)ccc3n2)c1. The van der Waals surface area contributed by atoms with Gasteiger partial charge in [-0.1, -0.05) is 37.6 Å². The first-order valence-corrected chi connectivity index (χ1v) is 8.93. The molecule has 1 aromatic carbocycles. The maximum atomic E-state index is 12.1. The summed E-state index contributed by atoms with van der Waals surface area (Å²) in [6.45, 7) is 6.53. The molecule has 0 atom stereocenters. The van der Waals surface area contributed by atoms with Gasteiger partial charge in [-0.05, 0) is 42.2 Å². The summed E-state index contributed by atoms with van der Waals surface area (Å²) < 4.78 is 7.58. The summed E-state index contributed by atoms with van der Waals surface area (Å²) in [5.41, 5.74) is 3.75. The minimum Gasteiger partial charge on any atom is -0.483 e. The Bertz CT molecular complexity index is 934. The molecular formula is C20H22ClN3O2. The van der Waals surface area contributed by atoms with Crippen LogP contribution in [0.25, 0.3) is 5.65 Å². The molecule has 1 N–H and O–H groups in total. The molecule has 3 aromatic rings. The lowest BCUT2D eigenvalue weighted by Gasteiger charge is -2.14. The van der Waals surface area contributed by atoms with Gasteiger partial charge in [0.2, 0.25) is 0 Å². The zero-order valence-electron chi connectivity index (χ0n) is 15.1. The molecule has 136 valence electrons. The highest BCUT2D eigenvalue weighted by atomic mass is 35.5. The highest BCUT2D eigenvalue weighted by molar-refractivity contribution is 6.30. The molecule has 3 rings (SSSR count). The number of halogens is 1. The number of carbonyl (C=O) groups is 1. The maximum absolute atomic E-state index is 12.1. The lowest BCUT2D eigenvalue weighted by molar-refractivity contribution is -0.123. The van der Waals surface area contributed by atoms with E-state index >= 15 is 0 Å². The number of aryl methyl sites for hydroxylation is 1. The number of aromatic nitrogens is 2. The number of amides is 1. The first kappa shape index (κ1) is 18.3. The van der Waals surface area contributed by atoms with Crippen LogP contribution in [0, 0.1) is 6.92 Å². The standard InChI is InChI=1S/C20H22ClN3O2/c1-13(2)17-6-4-14(3)8-18(17)26-12-20(25)22-9-16-11-24-10-15(21)5-7-19(24)23-16/h4-8,10-11,13H,9,12H2,1-3H3,(H,22,25). The van der Waals surface area contributed by atoms with E-state index in [0.29, 0.717) is 17.5 Å². The third-order valence-corrected chi connectivity index (χ3v) is 4.30. The van der Waals surface area contributed by atoms with Crippen molar-refractivity contribution in [3.05, 3.63) is 64.6 Å². The van der Waals surface area contributed by atoms with Crippen molar-refractivity contribution in [1.82, 2.24) is 14.7 Å². The van der Waals surface area contributed by atoms with E-state index in [-0.39, 0.29) is 12.5 Å². The summed E-state index contributed by atoms with van der Waals surface area (Å²) in [6, 6.07) is 9.69. The van der Waals surface area contributed by atoms with Crippen molar-refractivity contribution < 1.29 is 9.53 Å². The molecule has 0 fully saturated rings. The van der Waals surface area contributed by atoms with Crippen molar-refractivity contribution in [3.8, 4) is 5.75 Å². The Balaban J connectivity index is 1.58. The Labute approximate surface area is 158 Å². The van der Waals surface area contributed by atoms with Crippen LogP contribution in [0.1, 0.15) is 36.6 Å². The van der Waals surface area contributed by atoms with Crippen molar-refractivity contribution in [2.24, 2.45) is 0 Å². The summed E-state index contributed by atoms with van der Waals surface area (Å²) in [7, 11) is 0. The molecular weight excluding hydrogens is 350 g/mol. The van der Waals surface area contributed by atoms with Gasteiger partial charge in [-0.3, -0.25) is 4.79 Å². The fraction of sp³-hybridized carbons (Fsp3) is 0.300. The number of nitrogens with one attached hydrogen (secondary N) is 1. The first-order chi connectivity index (χ1) is 12.4. The maximum Gasteiger partial charge on any atom is 0.258 e. The van der Waals surface area contributed by atoms with Gasteiger partial charge in [0, 0.05) is 12.4 Å². The van der Waals surface area contributed by atoms with Gasteiger partial charge in [0.15, 0.2) is 6.61 Å². The molecule has 0 aliphatic heterocycles. The summed E-state index contributed by atoms with van der Waals surface area (Å²) >= 11 is 5.97. The normalized spacial score (nSPS) is 11.1. The number of hydrogen-bond acceptors (Lipinski definition) is 3. The molecule has 5 nitrogen and oxygen atoms in total. The fourth-order valence-electron chi connectivity index (χ4n) is 2.73. The molecule has 0 bridgehead atoms. The molecule has 0 aliphatic carbocycles. The van der Waals surface area contributed by atoms with Gasteiger partial charge < -0.3 is 14.5 Å². The lowest BCUT2D eigenvalue weighted by atomic mass is 10.0. The average Bonchev–Trinajstić information content (AvgIpc) is 2.99. The van der Waals surface area contributed by atoms with Crippen LogP contribution in [-0.2, 0) is 11.3 Å². The second kappa shape index (κ2) is 7.79. The number of pyridine rings is 1. The molecule has 0 saturated carbocycles. The highest BCUT2D eigenvalue weighted by Crippen LogP contribution is 2.27. The minimum atomic E-state index is -0.184. The Morgan fingerprint density at radius 1 is 1.27 bits per heavy atom. The molecule has 1 amide bonds. The monoisotopic (exact) mass is 371 g/mol. The summed E-state index contributed by atoms with van der Waals surface area (Å²) in [5, 5.41) is 3.47. The van der Waals surface area contributed by atoms with Gasteiger partial charge >= 0.3 is 0 Å². The van der Waals surface area contributed by atoms with Gasteiger partial charge in [0.1, 0.15) is 11.4 Å². The number of carbonyl (C=O) groups excluding carboxylic acids is 1. The Hall–Kier alpha value is -2.53. The number of imidazole rings is 1. The second-order valence-corrected chi connectivity index (χ2v) is 7.04. The van der Waals surface area contributed by atoms with E-state index in [2.05, 4.69) is 36.3 Å². The van der Waals surface area contributed by atoms with E-state index in [9.17, 15) is 4.79 Å². The van der Waals surface area contributed by atoms with Gasteiger partial charge in [-0.25, -0.2) is 4.98 Å². The average molecular weight is 372 g/mol. The molecule has 0 saturated heterocycles. The van der Waals surface area contributed by atoms with Crippen molar-refractivity contribution >= 4 is 23.2 Å². The third-order valence-electron chi connectivity index (χ3n) is 4.08. The molecule has 0 spiro atoms. The molecule has 26 heavy (non-hydrogen) atoms. The predicted molar refractivity (Wildman–Crippen MR) is 103 cm³/mol. The van der Waals surface area contributed by atoms with E-state index < -0.39 is 0 Å². The number of nitrogens with zero attached hydrogens (tertiary/aromatic N) is 2. The molecule has 2 aromatic heterocycles. The lowest BCUT2D eigenvalue weighted by Crippen LogP contribution is -2.28. The topological polar surface area (TPSA) is 55.6 Å². The molecule has 0 aliphatic rings. The van der Waals surface area contributed by atoms with Crippen LogP contribution in [0.2, 0.25) is 5.02 Å². The second-order valence-electron chi connectivity index (χ2n) is 6.61. The minimum absolute atomic E-state index is 0.0254. The first-order valence-electron chi connectivity index (χ1n) is 8.55. The zero-order valence-corrected chi connectivity index (χ0v) is 15.9. The Morgan fingerprint density at radius 2 is 2.08 bits per heavy atom. The van der Waals surface area contributed by atoms with Gasteiger partial charge in [0.05, 0.1) is 17.3 Å². The Morgan fingerprint density at radius 3 is 2.85 bits per heavy atom. The van der Waals surface area contributed by atoms with Crippen molar-refractivity contribution in [2.75, 3.05) is 6.61 Å². The van der Waals surface area contributed by atoms with Crippen LogP contribution in [0.4, 0.5) is 0 Å². The van der Waals surface area contributed by atoms with Crippen molar-refractivity contribution in [3.63, 3.8) is 0 Å². The highest BCUT2D eigenvalue weighted by Gasteiger charge is 2.11. The third kappa shape index (κ3) is 4.35. The number of benzene rings is 1. The number of hydrogen-bond donors (Lipinski definition) is 1. The summed E-state index contributed by atoms with van der Waals surface area (Å²) in [5.74, 6) is 0.910. The van der Waals surface area contributed by atoms with Gasteiger partial charge in [0.25, 0.3) is 5.91 Å². The predicted octanol–water partition coefficient (Wildman–Crippen LogP) is 4.11. The molecule has 0 radical (unpaired) electrons. The number of fused-ring (bicyclic) bond motifs is 1. The molecule has 0 unspecified atom stereocenters. The van der Waals surface area contributed by atoms with Crippen LogP contribution in [0.3, 0.4) is 0 Å².